The molecular weight excluding hydrogens is 320 g/mol. The number of carbonyl (C=O) groups excluding carboxylic acids is 1. The molecule has 2 heterocycles. The molecule has 0 radical (unpaired) electrons. The van der Waals surface area contributed by atoms with Gasteiger partial charge in [-0.1, -0.05) is 11.6 Å². The van der Waals surface area contributed by atoms with Crippen LogP contribution in [-0.4, -0.2) is 76.3 Å². The fraction of sp³-hybridized carbons (Fsp3) is 0.429. The first-order chi connectivity index (χ1) is 11.1. The molecule has 9 heteroatoms. The average molecular weight is 337 g/mol. The Morgan fingerprint density at radius 3 is 2.61 bits per heavy atom. The van der Waals surface area contributed by atoms with Gasteiger partial charge in [0, 0.05) is 32.2 Å². The number of nitrogens with zero attached hydrogens (tertiary/aromatic N) is 6. The molecule has 2 aromatic rings. The Kier molecular flexibility index (Phi) is 4.44. The van der Waals surface area contributed by atoms with Crippen LogP contribution < -0.4 is 4.74 Å². The summed E-state index contributed by atoms with van der Waals surface area (Å²) in [5.41, 5.74) is 1.00. The van der Waals surface area contributed by atoms with E-state index in [-0.39, 0.29) is 5.91 Å². The molecule has 0 bridgehead atoms. The van der Waals surface area contributed by atoms with Crippen LogP contribution in [0.4, 0.5) is 0 Å². The molecule has 0 N–H and O–H groups in total. The van der Waals surface area contributed by atoms with E-state index in [4.69, 9.17) is 16.3 Å². The topological polar surface area (TPSA) is 76.4 Å². The van der Waals surface area contributed by atoms with E-state index < -0.39 is 0 Å². The third-order valence-corrected chi connectivity index (χ3v) is 4.19. The van der Waals surface area contributed by atoms with Crippen LogP contribution in [-0.2, 0) is 0 Å². The van der Waals surface area contributed by atoms with E-state index in [1.165, 1.54) is 18.1 Å². The Hall–Kier alpha value is -2.19. The molecule has 1 aliphatic rings. The van der Waals surface area contributed by atoms with Crippen LogP contribution in [0.25, 0.3) is 5.69 Å². The lowest BCUT2D eigenvalue weighted by molar-refractivity contribution is 0.0661. The van der Waals surface area contributed by atoms with Crippen molar-refractivity contribution in [2.24, 2.45) is 0 Å². The van der Waals surface area contributed by atoms with E-state index in [9.17, 15) is 4.79 Å². The van der Waals surface area contributed by atoms with Crippen LogP contribution in [0, 0.1) is 0 Å². The van der Waals surface area contributed by atoms with Crippen molar-refractivity contribution in [2.75, 3.05) is 40.3 Å². The smallest absolute Gasteiger partial charge is 0.257 e. The number of ether oxygens (including phenoxy) is 1. The molecule has 23 heavy (non-hydrogen) atoms. The lowest BCUT2D eigenvalue weighted by Gasteiger charge is -2.32. The van der Waals surface area contributed by atoms with Gasteiger partial charge in [-0.3, -0.25) is 4.79 Å². The van der Waals surface area contributed by atoms with Crippen LogP contribution in [0.3, 0.4) is 0 Å². The lowest BCUT2D eigenvalue weighted by Crippen LogP contribution is -2.47. The normalized spacial score (nSPS) is 15.7. The number of rotatable bonds is 3. The number of hydrogen-bond donors (Lipinski definition) is 0. The molecule has 0 saturated carbocycles. The molecule has 0 atom stereocenters. The largest absolute Gasteiger partial charge is 0.496 e. The van der Waals surface area contributed by atoms with E-state index in [0.717, 1.165) is 13.1 Å². The van der Waals surface area contributed by atoms with Crippen molar-refractivity contribution in [1.82, 2.24) is 30.0 Å². The Labute approximate surface area is 138 Å². The summed E-state index contributed by atoms with van der Waals surface area (Å²) in [6.07, 6.45) is 1.43. The van der Waals surface area contributed by atoms with Crippen LogP contribution >= 0.6 is 11.6 Å². The first-order valence-electron chi connectivity index (χ1n) is 7.19. The predicted molar refractivity (Wildman–Crippen MR) is 84.1 cm³/mol. The van der Waals surface area contributed by atoms with E-state index in [0.29, 0.717) is 35.1 Å². The highest BCUT2D eigenvalue weighted by molar-refractivity contribution is 6.33. The minimum Gasteiger partial charge on any atom is -0.496 e. The third-order valence-electron chi connectivity index (χ3n) is 3.89. The number of aromatic nitrogens is 4. The van der Waals surface area contributed by atoms with E-state index >= 15 is 0 Å². The zero-order valence-corrected chi connectivity index (χ0v) is 13.7. The Morgan fingerprint density at radius 2 is 2.00 bits per heavy atom. The van der Waals surface area contributed by atoms with Crippen molar-refractivity contribution in [2.45, 2.75) is 0 Å². The van der Waals surface area contributed by atoms with Crippen molar-refractivity contribution >= 4 is 17.5 Å². The molecule has 1 fully saturated rings. The minimum absolute atomic E-state index is 0.0832. The molecule has 3 rings (SSSR count). The molecule has 0 aliphatic carbocycles. The van der Waals surface area contributed by atoms with Gasteiger partial charge in [0.05, 0.1) is 23.4 Å². The predicted octanol–water partition coefficient (Wildman–Crippen LogP) is 0.712. The molecule has 122 valence electrons. The highest BCUT2D eigenvalue weighted by Gasteiger charge is 2.24. The Balaban J connectivity index is 1.93. The number of halogens is 1. The molecule has 0 spiro atoms. The van der Waals surface area contributed by atoms with Crippen LogP contribution in [0.15, 0.2) is 18.5 Å². The molecule has 1 aromatic carbocycles. The summed E-state index contributed by atoms with van der Waals surface area (Å²) in [6.45, 7) is 3.07. The summed E-state index contributed by atoms with van der Waals surface area (Å²) < 4.78 is 6.80. The first-order valence-corrected chi connectivity index (χ1v) is 7.56. The fourth-order valence-electron chi connectivity index (χ4n) is 2.51. The quantitative estimate of drug-likeness (QED) is 0.821. The van der Waals surface area contributed by atoms with Crippen molar-refractivity contribution < 1.29 is 9.53 Å². The number of amides is 1. The molecular formula is C14H17ClN6O2. The summed E-state index contributed by atoms with van der Waals surface area (Å²) in [6, 6.07) is 3.28. The minimum atomic E-state index is -0.0832. The summed E-state index contributed by atoms with van der Waals surface area (Å²) in [4.78, 5) is 16.8. The van der Waals surface area contributed by atoms with Crippen molar-refractivity contribution in [3.63, 3.8) is 0 Å². The number of likely N-dealkylation sites (N-methyl/N-ethyl adjacent to an activating group) is 1. The van der Waals surface area contributed by atoms with Gasteiger partial charge in [0.1, 0.15) is 12.1 Å². The second-order valence-corrected chi connectivity index (χ2v) is 5.76. The van der Waals surface area contributed by atoms with Gasteiger partial charge in [-0.25, -0.2) is 0 Å². The SMILES string of the molecule is COc1cc(-n2cnnn2)c(Cl)cc1C(=O)N1CCN(C)CC1. The summed E-state index contributed by atoms with van der Waals surface area (Å²) in [5.74, 6) is 0.365. The lowest BCUT2D eigenvalue weighted by atomic mass is 10.1. The second kappa shape index (κ2) is 6.51. The number of methoxy groups -OCH3 is 1. The first kappa shape index (κ1) is 15.7. The van der Waals surface area contributed by atoms with Gasteiger partial charge in [0.15, 0.2) is 0 Å². The molecule has 1 aliphatic heterocycles. The second-order valence-electron chi connectivity index (χ2n) is 5.35. The van der Waals surface area contributed by atoms with Gasteiger partial charge < -0.3 is 14.5 Å². The number of benzene rings is 1. The number of tetrazole rings is 1. The maximum Gasteiger partial charge on any atom is 0.257 e. The van der Waals surface area contributed by atoms with Crippen LogP contribution in [0.1, 0.15) is 10.4 Å². The molecule has 0 unspecified atom stereocenters. The Morgan fingerprint density at radius 1 is 1.26 bits per heavy atom. The zero-order valence-electron chi connectivity index (χ0n) is 12.9. The highest BCUT2D eigenvalue weighted by atomic mass is 35.5. The maximum absolute atomic E-state index is 12.8. The van der Waals surface area contributed by atoms with Crippen LogP contribution in [0.2, 0.25) is 5.02 Å². The monoisotopic (exact) mass is 336 g/mol. The van der Waals surface area contributed by atoms with E-state index in [2.05, 4.69) is 20.4 Å². The van der Waals surface area contributed by atoms with Crippen molar-refractivity contribution in [3.8, 4) is 11.4 Å². The number of carbonyl (C=O) groups is 1. The van der Waals surface area contributed by atoms with Crippen molar-refractivity contribution in [3.05, 3.63) is 29.0 Å². The molecule has 1 aromatic heterocycles. The number of hydrogen-bond acceptors (Lipinski definition) is 6. The van der Waals surface area contributed by atoms with Gasteiger partial charge in [-0.05, 0) is 23.5 Å². The molecule has 1 saturated heterocycles. The highest BCUT2D eigenvalue weighted by Crippen LogP contribution is 2.30. The maximum atomic E-state index is 12.8. The zero-order chi connectivity index (χ0) is 16.4. The number of piperazine rings is 1. The van der Waals surface area contributed by atoms with Gasteiger partial charge in [-0.15, -0.1) is 5.10 Å². The van der Waals surface area contributed by atoms with Crippen LogP contribution in [0.5, 0.6) is 5.75 Å². The van der Waals surface area contributed by atoms with E-state index in [1.807, 2.05) is 11.9 Å². The van der Waals surface area contributed by atoms with Gasteiger partial charge in [-0.2, -0.15) is 4.68 Å². The standard InChI is InChI=1S/C14H17ClN6O2/c1-19-3-5-20(6-4-19)14(22)10-7-11(15)12(8-13(10)23-2)21-9-16-17-18-21/h7-9H,3-6H2,1-2H3. The third kappa shape index (κ3) is 3.13. The van der Waals surface area contributed by atoms with Gasteiger partial charge >= 0.3 is 0 Å². The summed E-state index contributed by atoms with van der Waals surface area (Å²) in [5, 5.41) is 11.4. The van der Waals surface area contributed by atoms with Crippen molar-refractivity contribution in [1.29, 1.82) is 0 Å². The summed E-state index contributed by atoms with van der Waals surface area (Å²) in [7, 11) is 3.56. The van der Waals surface area contributed by atoms with Gasteiger partial charge in [0.25, 0.3) is 5.91 Å². The van der Waals surface area contributed by atoms with Gasteiger partial charge in [0.2, 0.25) is 0 Å². The average Bonchev–Trinajstić information content (AvgIpc) is 3.09. The summed E-state index contributed by atoms with van der Waals surface area (Å²) >= 11 is 6.31. The van der Waals surface area contributed by atoms with E-state index in [1.54, 1.807) is 12.1 Å². The Bertz CT molecular complexity index is 698. The molecule has 8 nitrogen and oxygen atoms in total. The fourth-order valence-corrected chi connectivity index (χ4v) is 2.76. The molecule has 1 amide bonds.